The van der Waals surface area contributed by atoms with Crippen molar-refractivity contribution in [3.05, 3.63) is 41.7 Å². The first kappa shape index (κ1) is 6.93. The van der Waals surface area contributed by atoms with Crippen LogP contribution in [0.4, 0.5) is 0 Å². The highest BCUT2D eigenvalue weighted by Crippen LogP contribution is 2.14. The van der Waals surface area contributed by atoms with Gasteiger partial charge in [-0.25, -0.2) is 0 Å². The van der Waals surface area contributed by atoms with Gasteiger partial charge in [0.05, 0.1) is 11.1 Å². The maximum Gasteiger partial charge on any atom is 0.101 e. The second-order valence-corrected chi connectivity index (χ2v) is 2.77. The molecule has 0 atom stereocenters. The Hall–Kier alpha value is -1.75. The van der Waals surface area contributed by atoms with Crippen LogP contribution in [0.2, 0.25) is 0 Å². The summed E-state index contributed by atoms with van der Waals surface area (Å²) < 4.78 is 2.01. The first-order valence-corrected chi connectivity index (χ1v) is 3.80. The van der Waals surface area contributed by atoms with Crippen LogP contribution in [0.25, 0.3) is 5.52 Å². The number of aryl methyl sites for hydroxylation is 1. The van der Waals surface area contributed by atoms with E-state index >= 15 is 0 Å². The number of hydrogen-bond donors (Lipinski definition) is 0. The van der Waals surface area contributed by atoms with Gasteiger partial charge < -0.3 is 4.40 Å². The zero-order valence-corrected chi connectivity index (χ0v) is 6.78. The lowest BCUT2D eigenvalue weighted by atomic mass is 10.3. The number of aromatic nitrogens is 1. The van der Waals surface area contributed by atoms with Gasteiger partial charge in [-0.1, -0.05) is 6.07 Å². The second kappa shape index (κ2) is 2.38. The average Bonchev–Trinajstić information content (AvgIpc) is 2.44. The van der Waals surface area contributed by atoms with E-state index in [-0.39, 0.29) is 0 Å². The smallest absolute Gasteiger partial charge is 0.101 e. The van der Waals surface area contributed by atoms with E-state index < -0.39 is 0 Å². The molecule has 0 aliphatic rings. The number of hydrogen-bond acceptors (Lipinski definition) is 1. The molecular weight excluding hydrogens is 148 g/mol. The predicted octanol–water partition coefficient (Wildman–Crippen LogP) is 2.12. The second-order valence-electron chi connectivity index (χ2n) is 2.77. The van der Waals surface area contributed by atoms with E-state index in [1.807, 2.05) is 41.8 Å². The highest BCUT2D eigenvalue weighted by atomic mass is 14.9. The fourth-order valence-corrected chi connectivity index (χ4v) is 1.41. The molecule has 2 nitrogen and oxygen atoms in total. The van der Waals surface area contributed by atoms with Gasteiger partial charge >= 0.3 is 0 Å². The predicted molar refractivity (Wildman–Crippen MR) is 46.8 cm³/mol. The molecule has 0 bridgehead atoms. The largest absolute Gasteiger partial charge is 0.320 e. The van der Waals surface area contributed by atoms with E-state index in [0.717, 1.165) is 16.8 Å². The summed E-state index contributed by atoms with van der Waals surface area (Å²) in [4.78, 5) is 0. The molecule has 0 radical (unpaired) electrons. The van der Waals surface area contributed by atoms with Crippen LogP contribution < -0.4 is 0 Å². The van der Waals surface area contributed by atoms with Crippen LogP contribution in [0.5, 0.6) is 0 Å². The molecule has 12 heavy (non-hydrogen) atoms. The van der Waals surface area contributed by atoms with Crippen LogP contribution in [0.3, 0.4) is 0 Å². The van der Waals surface area contributed by atoms with Gasteiger partial charge in [0.15, 0.2) is 0 Å². The SMILES string of the molecule is Cc1cc(C#N)c2ccccn12. The molecule has 0 N–H and O–H groups in total. The van der Waals surface area contributed by atoms with Crippen molar-refractivity contribution in [2.45, 2.75) is 6.92 Å². The standard InChI is InChI=1S/C10H8N2/c1-8-6-9(7-11)10-4-2-3-5-12(8)10/h2-6H,1H3. The minimum atomic E-state index is 0.744. The first-order valence-electron chi connectivity index (χ1n) is 3.80. The van der Waals surface area contributed by atoms with Gasteiger partial charge in [0, 0.05) is 11.9 Å². The maximum absolute atomic E-state index is 8.79. The van der Waals surface area contributed by atoms with Crippen LogP contribution in [-0.4, -0.2) is 4.40 Å². The first-order chi connectivity index (χ1) is 5.83. The molecule has 0 aliphatic heterocycles. The molecule has 2 aromatic rings. The van der Waals surface area contributed by atoms with Crippen LogP contribution in [0.15, 0.2) is 30.5 Å². The average molecular weight is 156 g/mol. The molecule has 2 aromatic heterocycles. The summed E-state index contributed by atoms with van der Waals surface area (Å²) in [6.07, 6.45) is 1.96. The molecule has 0 spiro atoms. The number of fused-ring (bicyclic) bond motifs is 1. The molecule has 2 heteroatoms. The molecule has 0 fully saturated rings. The van der Waals surface area contributed by atoms with E-state index in [1.165, 1.54) is 0 Å². The third kappa shape index (κ3) is 0.802. The van der Waals surface area contributed by atoms with Crippen molar-refractivity contribution in [3.63, 3.8) is 0 Å². The van der Waals surface area contributed by atoms with Gasteiger partial charge in [-0.3, -0.25) is 0 Å². The fraction of sp³-hybridized carbons (Fsp3) is 0.100. The minimum Gasteiger partial charge on any atom is -0.320 e. The van der Waals surface area contributed by atoms with Crippen LogP contribution >= 0.6 is 0 Å². The van der Waals surface area contributed by atoms with E-state index in [4.69, 9.17) is 5.26 Å². The molecule has 0 saturated heterocycles. The third-order valence-corrected chi connectivity index (χ3v) is 1.99. The van der Waals surface area contributed by atoms with Crippen molar-refractivity contribution >= 4 is 5.52 Å². The maximum atomic E-state index is 8.79. The molecule has 0 aliphatic carbocycles. The Morgan fingerprint density at radius 1 is 1.42 bits per heavy atom. The third-order valence-electron chi connectivity index (χ3n) is 1.99. The Labute approximate surface area is 70.7 Å². The number of nitrogens with zero attached hydrogens (tertiary/aromatic N) is 2. The van der Waals surface area contributed by atoms with Gasteiger partial charge in [0.2, 0.25) is 0 Å². The monoisotopic (exact) mass is 156 g/mol. The van der Waals surface area contributed by atoms with Gasteiger partial charge in [-0.15, -0.1) is 0 Å². The topological polar surface area (TPSA) is 28.2 Å². The minimum absolute atomic E-state index is 0.744. The highest BCUT2D eigenvalue weighted by Gasteiger charge is 2.02. The van der Waals surface area contributed by atoms with Crippen LogP contribution in [0.1, 0.15) is 11.3 Å². The summed E-state index contributed by atoms with van der Waals surface area (Å²) in [5.74, 6) is 0. The summed E-state index contributed by atoms with van der Waals surface area (Å²) in [5.41, 5.74) is 2.83. The van der Waals surface area contributed by atoms with Gasteiger partial charge in [0.1, 0.15) is 6.07 Å². The zero-order valence-electron chi connectivity index (χ0n) is 6.78. The lowest BCUT2D eigenvalue weighted by Crippen LogP contribution is -1.83. The molecule has 0 saturated carbocycles. The van der Waals surface area contributed by atoms with E-state index in [9.17, 15) is 0 Å². The lowest BCUT2D eigenvalue weighted by Gasteiger charge is -1.94. The molecule has 0 unspecified atom stereocenters. The van der Waals surface area contributed by atoms with E-state index in [1.54, 1.807) is 0 Å². The van der Waals surface area contributed by atoms with Gasteiger partial charge in [0.25, 0.3) is 0 Å². The quantitative estimate of drug-likeness (QED) is 0.574. The van der Waals surface area contributed by atoms with Crippen molar-refractivity contribution < 1.29 is 0 Å². The zero-order chi connectivity index (χ0) is 8.55. The van der Waals surface area contributed by atoms with Crippen molar-refractivity contribution in [2.24, 2.45) is 0 Å². The number of rotatable bonds is 0. The Kier molecular flexibility index (Phi) is 1.38. The van der Waals surface area contributed by atoms with Crippen molar-refractivity contribution in [1.82, 2.24) is 4.40 Å². The van der Waals surface area contributed by atoms with Crippen LogP contribution in [-0.2, 0) is 0 Å². The Morgan fingerprint density at radius 3 is 3.00 bits per heavy atom. The fourth-order valence-electron chi connectivity index (χ4n) is 1.41. The summed E-state index contributed by atoms with van der Waals surface area (Å²) in [6.45, 7) is 1.99. The summed E-state index contributed by atoms with van der Waals surface area (Å²) >= 11 is 0. The molecular formula is C10H8N2. The molecule has 2 heterocycles. The summed E-state index contributed by atoms with van der Waals surface area (Å²) in [7, 11) is 0. The lowest BCUT2D eigenvalue weighted by molar-refractivity contribution is 1.11. The highest BCUT2D eigenvalue weighted by molar-refractivity contribution is 5.62. The molecule has 2 rings (SSSR count). The number of nitriles is 1. The van der Waals surface area contributed by atoms with Crippen molar-refractivity contribution in [3.8, 4) is 6.07 Å². The normalized spacial score (nSPS) is 10.0. The van der Waals surface area contributed by atoms with Gasteiger partial charge in [-0.2, -0.15) is 5.26 Å². The molecule has 0 aromatic carbocycles. The summed E-state index contributed by atoms with van der Waals surface area (Å²) in [6, 6.07) is 9.92. The van der Waals surface area contributed by atoms with Crippen molar-refractivity contribution in [1.29, 1.82) is 5.26 Å². The van der Waals surface area contributed by atoms with E-state index in [0.29, 0.717) is 0 Å². The van der Waals surface area contributed by atoms with E-state index in [2.05, 4.69) is 6.07 Å². The Bertz CT molecular complexity index is 460. The summed E-state index contributed by atoms with van der Waals surface area (Å²) in [5, 5.41) is 8.79. The molecule has 58 valence electrons. The van der Waals surface area contributed by atoms with Crippen LogP contribution in [0, 0.1) is 18.3 Å². The van der Waals surface area contributed by atoms with Crippen molar-refractivity contribution in [2.75, 3.05) is 0 Å². The molecule has 0 amide bonds. The van der Waals surface area contributed by atoms with Gasteiger partial charge in [-0.05, 0) is 25.1 Å². The Morgan fingerprint density at radius 2 is 2.25 bits per heavy atom. The Balaban J connectivity index is 2.94. The number of pyridine rings is 1.